The van der Waals surface area contributed by atoms with Gasteiger partial charge in [0, 0.05) is 13.7 Å². The molecule has 0 bridgehead atoms. The molecule has 1 heterocycles. The Balaban J connectivity index is 1.71. The van der Waals surface area contributed by atoms with Crippen LogP contribution >= 0.6 is 0 Å². The van der Waals surface area contributed by atoms with Crippen molar-refractivity contribution in [2.45, 2.75) is 56.8 Å². The highest BCUT2D eigenvalue weighted by Crippen LogP contribution is 2.24. The van der Waals surface area contributed by atoms with Gasteiger partial charge < -0.3 is 14.2 Å². The molecule has 0 aromatic heterocycles. The highest BCUT2D eigenvalue weighted by Gasteiger charge is 2.27. The molecule has 2 rings (SSSR count). The molecule has 3 nitrogen and oxygen atoms in total. The van der Waals surface area contributed by atoms with Gasteiger partial charge >= 0.3 is 0 Å². The second kappa shape index (κ2) is 5.83. The van der Waals surface area contributed by atoms with Crippen LogP contribution in [-0.4, -0.2) is 38.6 Å². The van der Waals surface area contributed by atoms with Gasteiger partial charge in [-0.3, -0.25) is 0 Å². The minimum Gasteiger partial charge on any atom is -0.379 e. The third-order valence-electron chi connectivity index (χ3n) is 3.46. The minimum atomic E-state index is 0.299. The van der Waals surface area contributed by atoms with Gasteiger partial charge in [-0.25, -0.2) is 0 Å². The summed E-state index contributed by atoms with van der Waals surface area (Å²) in [5.41, 5.74) is 0. The molecule has 1 saturated carbocycles. The second-order valence-corrected chi connectivity index (χ2v) is 4.57. The van der Waals surface area contributed by atoms with Gasteiger partial charge in [0.25, 0.3) is 0 Å². The van der Waals surface area contributed by atoms with Crippen LogP contribution in [0.4, 0.5) is 0 Å². The Morgan fingerprint density at radius 2 is 1.87 bits per heavy atom. The number of hydrogen-bond donors (Lipinski definition) is 0. The molecule has 15 heavy (non-hydrogen) atoms. The van der Waals surface area contributed by atoms with Crippen LogP contribution in [0.25, 0.3) is 0 Å². The average molecular weight is 214 g/mol. The molecule has 0 amide bonds. The van der Waals surface area contributed by atoms with Crippen LogP contribution in [-0.2, 0) is 14.2 Å². The Bertz CT molecular complexity index is 178. The summed E-state index contributed by atoms with van der Waals surface area (Å²) in [6.07, 6.45) is 8.13. The van der Waals surface area contributed by atoms with Crippen molar-refractivity contribution >= 4 is 0 Å². The first-order valence-corrected chi connectivity index (χ1v) is 6.16. The number of hydrogen-bond acceptors (Lipinski definition) is 3. The fourth-order valence-electron chi connectivity index (χ4n) is 2.53. The molecule has 0 radical (unpaired) electrons. The van der Waals surface area contributed by atoms with Crippen LogP contribution in [0.5, 0.6) is 0 Å². The normalized spacial score (nSPS) is 37.0. The molecule has 0 spiro atoms. The first kappa shape index (κ1) is 11.4. The van der Waals surface area contributed by atoms with Crippen molar-refractivity contribution in [1.29, 1.82) is 0 Å². The van der Waals surface area contributed by atoms with E-state index in [0.29, 0.717) is 18.3 Å². The lowest BCUT2D eigenvalue weighted by atomic mass is 9.94. The molecule has 1 aliphatic heterocycles. The van der Waals surface area contributed by atoms with E-state index < -0.39 is 0 Å². The molecule has 0 aromatic carbocycles. The van der Waals surface area contributed by atoms with Crippen LogP contribution in [0.3, 0.4) is 0 Å². The Kier molecular flexibility index (Phi) is 4.42. The van der Waals surface area contributed by atoms with Gasteiger partial charge in [0.05, 0.1) is 24.9 Å². The van der Waals surface area contributed by atoms with Crippen LogP contribution < -0.4 is 0 Å². The van der Waals surface area contributed by atoms with Gasteiger partial charge in [-0.1, -0.05) is 12.8 Å². The molecule has 3 atom stereocenters. The summed E-state index contributed by atoms with van der Waals surface area (Å²) >= 11 is 0. The standard InChI is InChI=1S/C12H22O3/c1-13-11-6-2-3-7-12(11)15-9-10-5-4-8-14-10/h10-12H,2-9H2,1H3. The summed E-state index contributed by atoms with van der Waals surface area (Å²) in [5, 5.41) is 0. The molecule has 3 unspecified atom stereocenters. The largest absolute Gasteiger partial charge is 0.379 e. The molecule has 2 fully saturated rings. The third kappa shape index (κ3) is 3.16. The summed E-state index contributed by atoms with van der Waals surface area (Å²) < 4.78 is 16.9. The quantitative estimate of drug-likeness (QED) is 0.717. The number of ether oxygens (including phenoxy) is 3. The maximum atomic E-state index is 5.92. The maximum Gasteiger partial charge on any atom is 0.0837 e. The lowest BCUT2D eigenvalue weighted by molar-refractivity contribution is -0.0982. The Labute approximate surface area is 92.1 Å². The van der Waals surface area contributed by atoms with E-state index in [-0.39, 0.29) is 0 Å². The van der Waals surface area contributed by atoms with E-state index in [1.54, 1.807) is 7.11 Å². The fraction of sp³-hybridized carbons (Fsp3) is 1.00. The second-order valence-electron chi connectivity index (χ2n) is 4.57. The third-order valence-corrected chi connectivity index (χ3v) is 3.46. The van der Waals surface area contributed by atoms with E-state index in [0.717, 1.165) is 32.5 Å². The van der Waals surface area contributed by atoms with Crippen molar-refractivity contribution in [1.82, 2.24) is 0 Å². The first-order chi connectivity index (χ1) is 7.40. The summed E-state index contributed by atoms with van der Waals surface area (Å²) in [6, 6.07) is 0. The molecule has 0 N–H and O–H groups in total. The smallest absolute Gasteiger partial charge is 0.0837 e. The van der Waals surface area contributed by atoms with Gasteiger partial charge in [0.1, 0.15) is 0 Å². The monoisotopic (exact) mass is 214 g/mol. The zero-order valence-electron chi connectivity index (χ0n) is 9.61. The lowest BCUT2D eigenvalue weighted by Crippen LogP contribution is -2.35. The minimum absolute atomic E-state index is 0.299. The molecule has 2 aliphatic rings. The Morgan fingerprint density at radius 1 is 1.07 bits per heavy atom. The molecule has 88 valence electrons. The van der Waals surface area contributed by atoms with E-state index >= 15 is 0 Å². The summed E-state index contributed by atoms with van der Waals surface area (Å²) in [4.78, 5) is 0. The van der Waals surface area contributed by atoms with Crippen LogP contribution in [0.2, 0.25) is 0 Å². The first-order valence-electron chi connectivity index (χ1n) is 6.16. The SMILES string of the molecule is COC1CCCCC1OCC1CCCO1. The maximum absolute atomic E-state index is 5.92. The molecular formula is C12H22O3. The molecular weight excluding hydrogens is 192 g/mol. The average Bonchev–Trinajstić information content (AvgIpc) is 2.79. The van der Waals surface area contributed by atoms with E-state index in [4.69, 9.17) is 14.2 Å². The lowest BCUT2D eigenvalue weighted by Gasteiger charge is -2.31. The summed E-state index contributed by atoms with van der Waals surface area (Å²) in [6.45, 7) is 1.66. The van der Waals surface area contributed by atoms with Crippen LogP contribution in [0, 0.1) is 0 Å². The van der Waals surface area contributed by atoms with Gasteiger partial charge in [-0.05, 0) is 25.7 Å². The Morgan fingerprint density at radius 3 is 2.53 bits per heavy atom. The van der Waals surface area contributed by atoms with E-state index in [1.807, 2.05) is 0 Å². The van der Waals surface area contributed by atoms with Gasteiger partial charge in [-0.2, -0.15) is 0 Å². The van der Waals surface area contributed by atoms with Crippen molar-refractivity contribution in [3.05, 3.63) is 0 Å². The van der Waals surface area contributed by atoms with Gasteiger partial charge in [-0.15, -0.1) is 0 Å². The summed E-state index contributed by atoms with van der Waals surface area (Å²) in [5.74, 6) is 0. The van der Waals surface area contributed by atoms with Gasteiger partial charge in [0.2, 0.25) is 0 Å². The molecule has 3 heteroatoms. The highest BCUT2D eigenvalue weighted by atomic mass is 16.6. The fourth-order valence-corrected chi connectivity index (χ4v) is 2.53. The summed E-state index contributed by atoms with van der Waals surface area (Å²) in [7, 11) is 1.79. The van der Waals surface area contributed by atoms with Gasteiger partial charge in [0.15, 0.2) is 0 Å². The zero-order valence-corrected chi connectivity index (χ0v) is 9.61. The van der Waals surface area contributed by atoms with Crippen molar-refractivity contribution in [2.24, 2.45) is 0 Å². The van der Waals surface area contributed by atoms with E-state index in [2.05, 4.69) is 0 Å². The Hall–Kier alpha value is -0.120. The van der Waals surface area contributed by atoms with Crippen LogP contribution in [0.15, 0.2) is 0 Å². The number of rotatable bonds is 4. The van der Waals surface area contributed by atoms with Crippen molar-refractivity contribution in [3.8, 4) is 0 Å². The zero-order chi connectivity index (χ0) is 10.5. The number of methoxy groups -OCH3 is 1. The molecule has 1 saturated heterocycles. The van der Waals surface area contributed by atoms with Crippen LogP contribution in [0.1, 0.15) is 38.5 Å². The van der Waals surface area contributed by atoms with Crippen molar-refractivity contribution in [2.75, 3.05) is 20.3 Å². The van der Waals surface area contributed by atoms with Crippen molar-refractivity contribution in [3.63, 3.8) is 0 Å². The highest BCUT2D eigenvalue weighted by molar-refractivity contribution is 4.77. The molecule has 1 aliphatic carbocycles. The topological polar surface area (TPSA) is 27.7 Å². The van der Waals surface area contributed by atoms with E-state index in [9.17, 15) is 0 Å². The predicted octanol–water partition coefficient (Wildman–Crippen LogP) is 2.14. The van der Waals surface area contributed by atoms with Crippen molar-refractivity contribution < 1.29 is 14.2 Å². The van der Waals surface area contributed by atoms with E-state index in [1.165, 1.54) is 19.3 Å². The molecule has 0 aromatic rings. The predicted molar refractivity (Wildman–Crippen MR) is 58.0 cm³/mol.